The molecule has 114 valence electrons. The van der Waals surface area contributed by atoms with Gasteiger partial charge >= 0.3 is 0 Å². The van der Waals surface area contributed by atoms with Crippen molar-refractivity contribution in [3.8, 4) is 0 Å². The summed E-state index contributed by atoms with van der Waals surface area (Å²) in [6.45, 7) is 5.24. The first-order valence-corrected chi connectivity index (χ1v) is 7.98. The average molecular weight is 289 g/mol. The summed E-state index contributed by atoms with van der Waals surface area (Å²) in [6.07, 6.45) is 5.19. The maximum absolute atomic E-state index is 13.6. The lowest BCUT2D eigenvalue weighted by atomic mass is 9.77. The number of rotatable bonds is 3. The van der Waals surface area contributed by atoms with Gasteiger partial charge in [-0.2, -0.15) is 0 Å². The van der Waals surface area contributed by atoms with Gasteiger partial charge in [-0.25, -0.2) is 9.37 Å². The largest absolute Gasteiger partial charge is 0.326 e. The van der Waals surface area contributed by atoms with E-state index in [9.17, 15) is 4.39 Å². The number of hydrogen-bond acceptors (Lipinski definition) is 2. The number of fused-ring (bicyclic) bond motifs is 1. The van der Waals surface area contributed by atoms with Crippen molar-refractivity contribution in [3.63, 3.8) is 0 Å². The standard InChI is InChI=1S/C17H24FN3/c1-3-10-21-15-11-13(18)4-5-14(15)20-16(21)17(19)8-6-12(2)7-9-17/h4-5,11-12H,3,6-10,19H2,1-2H3. The number of nitrogens with zero attached hydrogens (tertiary/aromatic N) is 2. The fraction of sp³-hybridized carbons (Fsp3) is 0.588. The lowest BCUT2D eigenvalue weighted by molar-refractivity contribution is 0.231. The molecule has 0 saturated heterocycles. The lowest BCUT2D eigenvalue weighted by Crippen LogP contribution is -2.42. The monoisotopic (exact) mass is 289 g/mol. The second-order valence-corrected chi connectivity index (χ2v) is 6.56. The van der Waals surface area contributed by atoms with Gasteiger partial charge in [-0.15, -0.1) is 0 Å². The maximum Gasteiger partial charge on any atom is 0.130 e. The average Bonchev–Trinajstić information content (AvgIpc) is 2.82. The Morgan fingerprint density at radius 3 is 2.76 bits per heavy atom. The van der Waals surface area contributed by atoms with Crippen molar-refractivity contribution in [3.05, 3.63) is 29.8 Å². The van der Waals surface area contributed by atoms with Crippen LogP contribution in [-0.4, -0.2) is 9.55 Å². The summed E-state index contributed by atoms with van der Waals surface area (Å²) in [5, 5.41) is 0. The Bertz CT molecular complexity index is 639. The number of halogens is 1. The molecule has 0 spiro atoms. The molecular formula is C17H24FN3. The Kier molecular flexibility index (Phi) is 3.74. The van der Waals surface area contributed by atoms with Gasteiger partial charge in [-0.1, -0.05) is 13.8 Å². The Balaban J connectivity index is 2.10. The van der Waals surface area contributed by atoms with Crippen LogP contribution in [0.2, 0.25) is 0 Å². The smallest absolute Gasteiger partial charge is 0.130 e. The van der Waals surface area contributed by atoms with Crippen LogP contribution in [0, 0.1) is 11.7 Å². The van der Waals surface area contributed by atoms with E-state index in [-0.39, 0.29) is 11.4 Å². The van der Waals surface area contributed by atoms with E-state index >= 15 is 0 Å². The zero-order valence-electron chi connectivity index (χ0n) is 12.9. The van der Waals surface area contributed by atoms with Crippen molar-refractivity contribution in [2.24, 2.45) is 11.7 Å². The van der Waals surface area contributed by atoms with Crippen molar-refractivity contribution in [2.45, 2.75) is 58.0 Å². The van der Waals surface area contributed by atoms with Crippen LogP contribution in [0.4, 0.5) is 4.39 Å². The molecule has 0 unspecified atom stereocenters. The second kappa shape index (κ2) is 5.41. The molecule has 3 rings (SSSR count). The quantitative estimate of drug-likeness (QED) is 0.929. The topological polar surface area (TPSA) is 43.8 Å². The molecule has 1 aliphatic carbocycles. The third-order valence-corrected chi connectivity index (χ3v) is 4.77. The van der Waals surface area contributed by atoms with Gasteiger partial charge in [0.1, 0.15) is 11.6 Å². The third kappa shape index (κ3) is 2.57. The van der Waals surface area contributed by atoms with Crippen LogP contribution in [0.3, 0.4) is 0 Å². The maximum atomic E-state index is 13.6. The molecule has 2 N–H and O–H groups in total. The minimum Gasteiger partial charge on any atom is -0.326 e. The van der Waals surface area contributed by atoms with Gasteiger partial charge in [0, 0.05) is 6.54 Å². The van der Waals surface area contributed by atoms with E-state index in [1.165, 1.54) is 6.07 Å². The molecule has 1 aromatic carbocycles. The van der Waals surface area contributed by atoms with Gasteiger partial charge in [0.05, 0.1) is 16.6 Å². The minimum absolute atomic E-state index is 0.213. The highest BCUT2D eigenvalue weighted by Crippen LogP contribution is 2.38. The van der Waals surface area contributed by atoms with Gasteiger partial charge in [0.25, 0.3) is 0 Å². The Labute approximate surface area is 125 Å². The predicted octanol–water partition coefficient (Wildman–Crippen LogP) is 3.95. The summed E-state index contributed by atoms with van der Waals surface area (Å²) in [5.74, 6) is 1.47. The second-order valence-electron chi connectivity index (χ2n) is 6.56. The summed E-state index contributed by atoms with van der Waals surface area (Å²) in [6, 6.07) is 4.81. The highest BCUT2D eigenvalue weighted by atomic mass is 19.1. The van der Waals surface area contributed by atoms with Crippen molar-refractivity contribution >= 4 is 11.0 Å². The Hall–Kier alpha value is -1.42. The highest BCUT2D eigenvalue weighted by molar-refractivity contribution is 5.76. The van der Waals surface area contributed by atoms with Crippen LogP contribution in [-0.2, 0) is 12.1 Å². The van der Waals surface area contributed by atoms with Crippen LogP contribution in [0.1, 0.15) is 51.8 Å². The van der Waals surface area contributed by atoms with Gasteiger partial charge in [0.2, 0.25) is 0 Å². The van der Waals surface area contributed by atoms with Crippen molar-refractivity contribution in [1.29, 1.82) is 0 Å². The van der Waals surface area contributed by atoms with E-state index in [4.69, 9.17) is 10.7 Å². The van der Waals surface area contributed by atoms with Crippen LogP contribution < -0.4 is 5.73 Å². The molecular weight excluding hydrogens is 265 g/mol. The normalized spacial score (nSPS) is 26.4. The first-order chi connectivity index (χ1) is 10.0. The molecule has 4 heteroatoms. The molecule has 21 heavy (non-hydrogen) atoms. The molecule has 1 fully saturated rings. The molecule has 0 bridgehead atoms. The summed E-state index contributed by atoms with van der Waals surface area (Å²) in [5.41, 5.74) is 8.06. The fourth-order valence-electron chi connectivity index (χ4n) is 3.43. The first-order valence-electron chi connectivity index (χ1n) is 7.98. The highest BCUT2D eigenvalue weighted by Gasteiger charge is 2.36. The summed E-state index contributed by atoms with van der Waals surface area (Å²) in [4.78, 5) is 4.76. The number of nitrogens with two attached hydrogens (primary N) is 1. The first kappa shape index (κ1) is 14.5. The molecule has 1 heterocycles. The molecule has 1 saturated carbocycles. The number of benzene rings is 1. The molecule has 0 atom stereocenters. The Morgan fingerprint density at radius 2 is 2.10 bits per heavy atom. The lowest BCUT2D eigenvalue weighted by Gasteiger charge is -2.35. The number of aryl methyl sites for hydroxylation is 1. The predicted molar refractivity (Wildman–Crippen MR) is 83.5 cm³/mol. The summed E-state index contributed by atoms with van der Waals surface area (Å²) in [7, 11) is 0. The number of imidazole rings is 1. The van der Waals surface area contributed by atoms with Gasteiger partial charge < -0.3 is 10.3 Å². The molecule has 1 aromatic heterocycles. The van der Waals surface area contributed by atoms with Gasteiger partial charge in [0.15, 0.2) is 0 Å². The van der Waals surface area contributed by atoms with Crippen molar-refractivity contribution in [1.82, 2.24) is 9.55 Å². The SMILES string of the molecule is CCCn1c(C2(N)CCC(C)CC2)nc2ccc(F)cc21. The zero-order valence-corrected chi connectivity index (χ0v) is 12.9. The van der Waals surface area contributed by atoms with Crippen molar-refractivity contribution in [2.75, 3.05) is 0 Å². The van der Waals surface area contributed by atoms with E-state index in [1.54, 1.807) is 12.1 Å². The van der Waals surface area contributed by atoms with E-state index in [0.29, 0.717) is 0 Å². The van der Waals surface area contributed by atoms with Crippen molar-refractivity contribution < 1.29 is 4.39 Å². The summed E-state index contributed by atoms with van der Waals surface area (Å²) < 4.78 is 15.7. The number of aromatic nitrogens is 2. The minimum atomic E-state index is -0.364. The van der Waals surface area contributed by atoms with E-state index < -0.39 is 0 Å². The van der Waals surface area contributed by atoms with Gasteiger partial charge in [-0.05, 0) is 56.2 Å². The molecule has 2 aromatic rings. The van der Waals surface area contributed by atoms with Crippen LogP contribution in [0.5, 0.6) is 0 Å². The van der Waals surface area contributed by atoms with E-state index in [1.807, 2.05) is 0 Å². The van der Waals surface area contributed by atoms with Crippen LogP contribution in [0.25, 0.3) is 11.0 Å². The molecule has 1 aliphatic rings. The molecule has 0 amide bonds. The molecule has 0 aliphatic heterocycles. The van der Waals surface area contributed by atoms with E-state index in [2.05, 4.69) is 18.4 Å². The summed E-state index contributed by atoms with van der Waals surface area (Å²) >= 11 is 0. The molecule has 3 nitrogen and oxygen atoms in total. The zero-order chi connectivity index (χ0) is 15.0. The Morgan fingerprint density at radius 1 is 1.38 bits per heavy atom. The van der Waals surface area contributed by atoms with Crippen LogP contribution >= 0.6 is 0 Å². The number of hydrogen-bond donors (Lipinski definition) is 1. The molecule has 0 radical (unpaired) electrons. The van der Waals surface area contributed by atoms with Gasteiger partial charge in [-0.3, -0.25) is 0 Å². The third-order valence-electron chi connectivity index (χ3n) is 4.77. The van der Waals surface area contributed by atoms with E-state index in [0.717, 1.165) is 61.4 Å². The fourth-order valence-corrected chi connectivity index (χ4v) is 3.43. The van der Waals surface area contributed by atoms with Crippen LogP contribution in [0.15, 0.2) is 18.2 Å².